The minimum Gasteiger partial charge on any atom is -0.358 e. The van der Waals surface area contributed by atoms with Gasteiger partial charge in [0.15, 0.2) is 0 Å². The van der Waals surface area contributed by atoms with Crippen LogP contribution in [0.2, 0.25) is 0 Å². The maximum absolute atomic E-state index is 12.2. The molecule has 2 aromatic rings. The van der Waals surface area contributed by atoms with Gasteiger partial charge in [-0.1, -0.05) is 12.1 Å². The molecule has 0 saturated heterocycles. The number of aryl methyl sites for hydroxylation is 2. The fourth-order valence-corrected chi connectivity index (χ4v) is 2.21. The average molecular weight is 231 g/mol. The number of aromatic amines is 1. The lowest BCUT2D eigenvalue weighted by atomic mass is 10.1. The quantitative estimate of drug-likeness (QED) is 0.763. The van der Waals surface area contributed by atoms with Gasteiger partial charge in [0.05, 0.1) is 19.7 Å². The summed E-state index contributed by atoms with van der Waals surface area (Å²) in [5, 5.41) is 1.04. The lowest BCUT2D eigenvalue weighted by Crippen LogP contribution is -3.06. The van der Waals surface area contributed by atoms with Crippen LogP contribution >= 0.6 is 0 Å². The van der Waals surface area contributed by atoms with Crippen LogP contribution in [0, 0.1) is 13.8 Å². The Morgan fingerprint density at radius 2 is 2.00 bits per heavy atom. The second-order valence-electron chi connectivity index (χ2n) is 4.98. The average Bonchev–Trinajstić information content (AvgIpc) is 2.51. The van der Waals surface area contributed by atoms with Gasteiger partial charge in [0.2, 0.25) is 5.78 Å². The van der Waals surface area contributed by atoms with Crippen molar-refractivity contribution in [2.24, 2.45) is 0 Å². The molecule has 3 nitrogen and oxygen atoms in total. The predicted molar refractivity (Wildman–Crippen MR) is 69.8 cm³/mol. The lowest BCUT2D eigenvalue weighted by molar-refractivity contribution is -0.848. The number of rotatable bonds is 3. The molecule has 1 heterocycles. The Balaban J connectivity index is 2.53. The molecule has 2 rings (SSSR count). The Hall–Kier alpha value is -1.61. The van der Waals surface area contributed by atoms with E-state index in [1.807, 2.05) is 27.1 Å². The third-order valence-corrected chi connectivity index (χ3v) is 2.93. The molecule has 0 unspecified atom stereocenters. The van der Waals surface area contributed by atoms with Gasteiger partial charge < -0.3 is 9.88 Å². The monoisotopic (exact) mass is 231 g/mol. The molecule has 0 saturated carbocycles. The van der Waals surface area contributed by atoms with Crippen molar-refractivity contribution in [2.75, 3.05) is 20.6 Å². The number of H-pyrrole nitrogens is 1. The summed E-state index contributed by atoms with van der Waals surface area (Å²) in [6, 6.07) is 6.17. The molecule has 0 amide bonds. The number of hydrogen-bond acceptors (Lipinski definition) is 1. The fraction of sp³-hybridized carbons (Fsp3) is 0.357. The second kappa shape index (κ2) is 4.34. The highest BCUT2D eigenvalue weighted by Crippen LogP contribution is 2.23. The van der Waals surface area contributed by atoms with Crippen molar-refractivity contribution in [2.45, 2.75) is 13.8 Å². The van der Waals surface area contributed by atoms with Crippen molar-refractivity contribution in [3.8, 4) is 0 Å². The highest BCUT2D eigenvalue weighted by molar-refractivity contribution is 6.09. The molecular weight excluding hydrogens is 212 g/mol. The zero-order valence-electron chi connectivity index (χ0n) is 10.8. The van der Waals surface area contributed by atoms with Gasteiger partial charge >= 0.3 is 0 Å². The highest BCUT2D eigenvalue weighted by Gasteiger charge is 2.17. The van der Waals surface area contributed by atoms with Crippen molar-refractivity contribution < 1.29 is 9.69 Å². The van der Waals surface area contributed by atoms with Gasteiger partial charge in [-0.25, -0.2) is 0 Å². The van der Waals surface area contributed by atoms with Crippen molar-refractivity contribution >= 4 is 16.7 Å². The number of benzene rings is 1. The second-order valence-corrected chi connectivity index (χ2v) is 4.98. The summed E-state index contributed by atoms with van der Waals surface area (Å²) in [6.45, 7) is 4.55. The zero-order valence-corrected chi connectivity index (χ0v) is 10.8. The number of nitrogens with one attached hydrogen (secondary N) is 2. The summed E-state index contributed by atoms with van der Waals surface area (Å²) in [4.78, 5) is 16.6. The van der Waals surface area contributed by atoms with Gasteiger partial charge in [-0.2, -0.15) is 0 Å². The molecule has 0 atom stereocenters. The smallest absolute Gasteiger partial charge is 0.219 e. The first-order valence-electron chi connectivity index (χ1n) is 5.90. The van der Waals surface area contributed by atoms with Gasteiger partial charge in [-0.3, -0.25) is 4.79 Å². The predicted octanol–water partition coefficient (Wildman–Crippen LogP) is 1.11. The van der Waals surface area contributed by atoms with Crippen LogP contribution in [-0.4, -0.2) is 31.4 Å². The van der Waals surface area contributed by atoms with Crippen molar-refractivity contribution in [1.82, 2.24) is 4.98 Å². The molecule has 17 heavy (non-hydrogen) atoms. The number of ketones is 1. The Kier molecular flexibility index (Phi) is 3.03. The molecule has 0 aliphatic carbocycles. The van der Waals surface area contributed by atoms with E-state index in [2.05, 4.69) is 24.0 Å². The minimum atomic E-state index is 0.206. The van der Waals surface area contributed by atoms with E-state index in [9.17, 15) is 4.79 Å². The Morgan fingerprint density at radius 1 is 1.29 bits per heavy atom. The Morgan fingerprint density at radius 3 is 2.65 bits per heavy atom. The third kappa shape index (κ3) is 2.24. The summed E-state index contributed by atoms with van der Waals surface area (Å²) in [5.41, 5.74) is 4.08. The highest BCUT2D eigenvalue weighted by atomic mass is 16.1. The summed E-state index contributed by atoms with van der Waals surface area (Å²) in [5.74, 6) is 0.206. The van der Waals surface area contributed by atoms with Crippen LogP contribution in [0.15, 0.2) is 18.2 Å². The van der Waals surface area contributed by atoms with Gasteiger partial charge in [0.25, 0.3) is 0 Å². The Labute approximate surface area is 101 Å². The number of fused-ring (bicyclic) bond motifs is 1. The Bertz CT molecular complexity index is 567. The maximum Gasteiger partial charge on any atom is 0.219 e. The van der Waals surface area contributed by atoms with Crippen LogP contribution in [0.4, 0.5) is 0 Å². The topological polar surface area (TPSA) is 37.3 Å². The van der Waals surface area contributed by atoms with E-state index in [4.69, 9.17) is 0 Å². The molecule has 90 valence electrons. The third-order valence-electron chi connectivity index (χ3n) is 2.93. The molecule has 1 aromatic heterocycles. The van der Waals surface area contributed by atoms with Crippen molar-refractivity contribution in [3.05, 3.63) is 35.0 Å². The van der Waals surface area contributed by atoms with E-state index in [0.29, 0.717) is 6.54 Å². The summed E-state index contributed by atoms with van der Waals surface area (Å²) in [6.07, 6.45) is 0. The summed E-state index contributed by atoms with van der Waals surface area (Å²) < 4.78 is 0. The molecule has 0 bridgehead atoms. The summed E-state index contributed by atoms with van der Waals surface area (Å²) >= 11 is 0. The number of aromatic nitrogens is 1. The van der Waals surface area contributed by atoms with Crippen molar-refractivity contribution in [1.29, 1.82) is 0 Å². The zero-order chi connectivity index (χ0) is 12.6. The molecule has 0 radical (unpaired) electrons. The van der Waals surface area contributed by atoms with E-state index >= 15 is 0 Å². The van der Waals surface area contributed by atoms with Gasteiger partial charge in [-0.15, -0.1) is 0 Å². The van der Waals surface area contributed by atoms with Crippen LogP contribution in [0.5, 0.6) is 0 Å². The number of carbonyl (C=O) groups is 1. The van der Waals surface area contributed by atoms with E-state index in [0.717, 1.165) is 27.1 Å². The molecule has 3 heteroatoms. The number of likely N-dealkylation sites (N-methyl/N-ethyl adjacent to an activating group) is 1. The number of Topliss-reactive ketones (excluding diaryl/α,β-unsaturated/α-hetero) is 1. The number of hydrogen-bond donors (Lipinski definition) is 2. The van der Waals surface area contributed by atoms with Crippen LogP contribution in [0.25, 0.3) is 10.9 Å². The minimum absolute atomic E-state index is 0.206. The standard InChI is InChI=1S/C14H18N2O/c1-9-5-6-11-12(7-9)15-10(2)14(11)13(17)8-16(3)4/h5-7,15H,8H2,1-4H3/p+1. The van der Waals surface area contributed by atoms with Crippen LogP contribution in [0.3, 0.4) is 0 Å². The van der Waals surface area contributed by atoms with Gasteiger partial charge in [-0.05, 0) is 25.5 Å². The lowest BCUT2D eigenvalue weighted by Gasteiger charge is -2.06. The fourth-order valence-electron chi connectivity index (χ4n) is 2.21. The maximum atomic E-state index is 12.2. The molecule has 0 aliphatic rings. The van der Waals surface area contributed by atoms with Crippen molar-refractivity contribution in [3.63, 3.8) is 0 Å². The van der Waals surface area contributed by atoms with Crippen LogP contribution in [-0.2, 0) is 0 Å². The summed E-state index contributed by atoms with van der Waals surface area (Å²) in [7, 11) is 3.98. The molecule has 2 N–H and O–H groups in total. The molecule has 1 aromatic carbocycles. The molecular formula is C14H19N2O+. The number of carbonyl (C=O) groups excluding carboxylic acids is 1. The first kappa shape index (κ1) is 11.9. The normalized spacial score (nSPS) is 11.4. The SMILES string of the molecule is Cc1ccc2c(C(=O)C[NH+](C)C)c(C)[nH]c2c1. The van der Waals surface area contributed by atoms with Gasteiger partial charge in [0, 0.05) is 16.6 Å². The van der Waals surface area contributed by atoms with E-state index in [-0.39, 0.29) is 5.78 Å². The first-order valence-corrected chi connectivity index (χ1v) is 5.90. The van der Waals surface area contributed by atoms with E-state index < -0.39 is 0 Å². The van der Waals surface area contributed by atoms with E-state index in [1.54, 1.807) is 0 Å². The number of quaternary nitrogens is 1. The van der Waals surface area contributed by atoms with Crippen LogP contribution in [0.1, 0.15) is 21.6 Å². The van der Waals surface area contributed by atoms with E-state index in [1.165, 1.54) is 5.56 Å². The molecule has 0 spiro atoms. The van der Waals surface area contributed by atoms with Crippen LogP contribution < -0.4 is 4.90 Å². The molecule has 0 fully saturated rings. The first-order chi connectivity index (χ1) is 7.99. The molecule has 0 aliphatic heterocycles. The van der Waals surface area contributed by atoms with Gasteiger partial charge in [0.1, 0.15) is 6.54 Å². The largest absolute Gasteiger partial charge is 0.358 e.